The van der Waals surface area contributed by atoms with E-state index in [1.54, 1.807) is 18.2 Å². The van der Waals surface area contributed by atoms with Gasteiger partial charge in [-0.15, -0.1) is 0 Å². The topological polar surface area (TPSA) is 55.4 Å². The highest BCUT2D eigenvalue weighted by atomic mass is 35.5. The minimum Gasteiger partial charge on any atom is -0.452 e. The van der Waals surface area contributed by atoms with Crippen molar-refractivity contribution >= 4 is 64.0 Å². The fraction of sp³-hybridized carbons (Fsp3) is 0.0667. The van der Waals surface area contributed by atoms with Crippen LogP contribution in [0.4, 0.5) is 5.69 Å². The Hall–Kier alpha value is -1.46. The lowest BCUT2D eigenvalue weighted by Gasteiger charge is -2.09. The minimum atomic E-state index is -0.703. The standard InChI is InChI=1S/C15H9Cl4NO3/c16-9-4-2-1-3-8(9)15(22)23-7-14(21)20-13-6-11(18)10(17)5-12(13)19/h1-6H,7H2,(H,20,21). The Kier molecular flexibility index (Phi) is 6.13. The highest BCUT2D eigenvalue weighted by Gasteiger charge is 2.14. The predicted octanol–water partition coefficient (Wildman–Crippen LogP) is 5.10. The monoisotopic (exact) mass is 391 g/mol. The van der Waals surface area contributed by atoms with Crippen LogP contribution >= 0.6 is 46.4 Å². The quantitative estimate of drug-likeness (QED) is 0.581. The number of carbonyl (C=O) groups is 2. The number of hydrogen-bond donors (Lipinski definition) is 1. The van der Waals surface area contributed by atoms with Crippen LogP contribution in [0.25, 0.3) is 0 Å². The number of esters is 1. The minimum absolute atomic E-state index is 0.175. The molecule has 2 aromatic carbocycles. The number of rotatable bonds is 4. The Morgan fingerprint density at radius 2 is 1.57 bits per heavy atom. The molecule has 0 unspecified atom stereocenters. The molecule has 0 spiro atoms. The third-order valence-electron chi connectivity index (χ3n) is 2.71. The van der Waals surface area contributed by atoms with Crippen LogP contribution in [0, 0.1) is 0 Å². The summed E-state index contributed by atoms with van der Waals surface area (Å²) in [6, 6.07) is 9.17. The lowest BCUT2D eigenvalue weighted by atomic mass is 10.2. The van der Waals surface area contributed by atoms with E-state index in [4.69, 9.17) is 51.1 Å². The van der Waals surface area contributed by atoms with Gasteiger partial charge in [0.15, 0.2) is 6.61 Å². The van der Waals surface area contributed by atoms with Crippen molar-refractivity contribution in [2.24, 2.45) is 0 Å². The molecule has 0 radical (unpaired) electrons. The van der Waals surface area contributed by atoms with E-state index in [1.807, 2.05) is 0 Å². The van der Waals surface area contributed by atoms with Gasteiger partial charge in [-0.05, 0) is 24.3 Å². The predicted molar refractivity (Wildman–Crippen MR) is 91.8 cm³/mol. The summed E-state index contributed by atoms with van der Waals surface area (Å²) in [6.07, 6.45) is 0. The molecule has 120 valence electrons. The van der Waals surface area contributed by atoms with Crippen LogP contribution in [0.15, 0.2) is 36.4 Å². The Morgan fingerprint density at radius 1 is 0.913 bits per heavy atom. The Bertz CT molecular complexity index is 764. The fourth-order valence-corrected chi connectivity index (χ4v) is 2.45. The zero-order valence-electron chi connectivity index (χ0n) is 11.4. The number of anilines is 1. The summed E-state index contributed by atoms with van der Waals surface area (Å²) in [6.45, 7) is -0.499. The van der Waals surface area contributed by atoms with Crippen molar-refractivity contribution in [1.29, 1.82) is 0 Å². The molecule has 0 bridgehead atoms. The second kappa shape index (κ2) is 7.88. The Labute approximate surface area is 152 Å². The summed E-state index contributed by atoms with van der Waals surface area (Å²) in [4.78, 5) is 23.7. The van der Waals surface area contributed by atoms with E-state index in [-0.39, 0.29) is 31.3 Å². The van der Waals surface area contributed by atoms with Gasteiger partial charge in [0.25, 0.3) is 5.91 Å². The molecule has 0 aliphatic carbocycles. The molecule has 0 fully saturated rings. The molecule has 2 rings (SSSR count). The van der Waals surface area contributed by atoms with E-state index in [9.17, 15) is 9.59 Å². The van der Waals surface area contributed by atoms with E-state index < -0.39 is 18.5 Å². The largest absolute Gasteiger partial charge is 0.452 e. The molecule has 2 aromatic rings. The van der Waals surface area contributed by atoms with Gasteiger partial charge >= 0.3 is 5.97 Å². The van der Waals surface area contributed by atoms with Gasteiger partial charge in [0.1, 0.15) is 0 Å². The van der Waals surface area contributed by atoms with Crippen LogP contribution in [-0.4, -0.2) is 18.5 Å². The summed E-state index contributed by atoms with van der Waals surface area (Å²) in [7, 11) is 0. The summed E-state index contributed by atoms with van der Waals surface area (Å²) >= 11 is 23.5. The maximum absolute atomic E-state index is 11.8. The van der Waals surface area contributed by atoms with Gasteiger partial charge < -0.3 is 10.1 Å². The van der Waals surface area contributed by atoms with Gasteiger partial charge in [0.2, 0.25) is 0 Å². The van der Waals surface area contributed by atoms with Crippen LogP contribution in [-0.2, 0) is 9.53 Å². The zero-order chi connectivity index (χ0) is 17.0. The van der Waals surface area contributed by atoms with Crippen molar-refractivity contribution in [2.75, 3.05) is 11.9 Å². The SMILES string of the molecule is O=C(COC(=O)c1ccccc1Cl)Nc1cc(Cl)c(Cl)cc1Cl. The van der Waals surface area contributed by atoms with Crippen molar-refractivity contribution in [3.05, 3.63) is 62.1 Å². The average molecular weight is 393 g/mol. The number of benzene rings is 2. The first-order valence-corrected chi connectivity index (χ1v) is 7.75. The first-order chi connectivity index (χ1) is 10.9. The number of nitrogens with one attached hydrogen (secondary N) is 1. The van der Waals surface area contributed by atoms with Crippen LogP contribution in [0.2, 0.25) is 20.1 Å². The molecule has 0 aliphatic rings. The third-order valence-corrected chi connectivity index (χ3v) is 4.08. The Morgan fingerprint density at radius 3 is 2.26 bits per heavy atom. The van der Waals surface area contributed by atoms with E-state index >= 15 is 0 Å². The second-order valence-corrected chi connectivity index (χ2v) is 5.98. The van der Waals surface area contributed by atoms with Crippen LogP contribution < -0.4 is 5.32 Å². The first-order valence-electron chi connectivity index (χ1n) is 6.24. The van der Waals surface area contributed by atoms with Gasteiger partial charge in [0, 0.05) is 0 Å². The van der Waals surface area contributed by atoms with Crippen LogP contribution in [0.1, 0.15) is 10.4 Å². The summed E-state index contributed by atoms with van der Waals surface area (Å²) in [5, 5.41) is 3.43. The van der Waals surface area contributed by atoms with Gasteiger partial charge in [-0.2, -0.15) is 0 Å². The van der Waals surface area contributed by atoms with Crippen LogP contribution in [0.5, 0.6) is 0 Å². The summed E-state index contributed by atoms with van der Waals surface area (Å²) in [5.41, 5.74) is 0.439. The van der Waals surface area contributed by atoms with E-state index in [0.29, 0.717) is 0 Å². The lowest BCUT2D eigenvalue weighted by molar-refractivity contribution is -0.119. The van der Waals surface area contributed by atoms with Crippen molar-refractivity contribution in [3.8, 4) is 0 Å². The molecular weight excluding hydrogens is 384 g/mol. The van der Waals surface area contributed by atoms with Gasteiger partial charge in [-0.1, -0.05) is 58.5 Å². The zero-order valence-corrected chi connectivity index (χ0v) is 14.4. The number of carbonyl (C=O) groups excluding carboxylic acids is 2. The molecule has 23 heavy (non-hydrogen) atoms. The Balaban J connectivity index is 1.97. The van der Waals surface area contributed by atoms with Crippen molar-refractivity contribution in [2.45, 2.75) is 0 Å². The van der Waals surface area contributed by atoms with Crippen LogP contribution in [0.3, 0.4) is 0 Å². The van der Waals surface area contributed by atoms with Gasteiger partial charge in [0.05, 0.1) is 31.3 Å². The van der Waals surface area contributed by atoms with Crippen molar-refractivity contribution in [1.82, 2.24) is 0 Å². The molecule has 1 amide bonds. The normalized spacial score (nSPS) is 10.3. The average Bonchev–Trinajstić information content (AvgIpc) is 2.51. The smallest absolute Gasteiger partial charge is 0.340 e. The number of amides is 1. The molecule has 0 atom stereocenters. The van der Waals surface area contributed by atoms with Gasteiger partial charge in [-0.3, -0.25) is 4.79 Å². The van der Waals surface area contributed by atoms with E-state index in [2.05, 4.69) is 5.32 Å². The molecule has 0 aromatic heterocycles. The number of halogens is 4. The second-order valence-electron chi connectivity index (χ2n) is 4.35. The maximum atomic E-state index is 11.8. The van der Waals surface area contributed by atoms with Gasteiger partial charge in [-0.25, -0.2) is 4.79 Å². The molecule has 8 heteroatoms. The lowest BCUT2D eigenvalue weighted by Crippen LogP contribution is -2.21. The highest BCUT2D eigenvalue weighted by molar-refractivity contribution is 6.44. The number of ether oxygens (including phenoxy) is 1. The molecule has 0 heterocycles. The third kappa shape index (κ3) is 4.75. The summed E-state index contributed by atoms with van der Waals surface area (Å²) < 4.78 is 4.90. The molecule has 1 N–H and O–H groups in total. The molecule has 0 aliphatic heterocycles. The van der Waals surface area contributed by atoms with Crippen molar-refractivity contribution < 1.29 is 14.3 Å². The highest BCUT2D eigenvalue weighted by Crippen LogP contribution is 2.32. The van der Waals surface area contributed by atoms with E-state index in [1.165, 1.54) is 18.2 Å². The summed E-state index contributed by atoms with van der Waals surface area (Å²) in [5.74, 6) is -1.28. The first kappa shape index (κ1) is 17.9. The molecule has 4 nitrogen and oxygen atoms in total. The molecule has 0 saturated heterocycles. The molecule has 0 saturated carbocycles. The van der Waals surface area contributed by atoms with Crippen molar-refractivity contribution in [3.63, 3.8) is 0 Å². The fourth-order valence-electron chi connectivity index (χ4n) is 1.64. The maximum Gasteiger partial charge on any atom is 0.340 e. The molecular formula is C15H9Cl4NO3. The van der Waals surface area contributed by atoms with E-state index in [0.717, 1.165) is 0 Å². The number of hydrogen-bond acceptors (Lipinski definition) is 3.